The normalized spacial score (nSPS) is 17.0. The van der Waals surface area contributed by atoms with E-state index in [1.807, 2.05) is 5.32 Å². The Morgan fingerprint density at radius 1 is 1.42 bits per heavy atom. The first-order chi connectivity index (χ1) is 8.97. The monoisotopic (exact) mass is 273 g/mol. The second kappa shape index (κ2) is 5.56. The van der Waals surface area contributed by atoms with Crippen molar-refractivity contribution in [2.45, 2.75) is 31.1 Å². The quantitative estimate of drug-likeness (QED) is 0.856. The molecule has 2 N–H and O–H groups in total. The van der Waals surface area contributed by atoms with E-state index >= 15 is 0 Å². The highest BCUT2D eigenvalue weighted by Gasteiger charge is 2.42. The van der Waals surface area contributed by atoms with Gasteiger partial charge in [-0.25, -0.2) is 0 Å². The van der Waals surface area contributed by atoms with Crippen LogP contribution < -0.4 is 10.6 Å². The maximum atomic E-state index is 12.9. The minimum atomic E-state index is -4.57. The van der Waals surface area contributed by atoms with Crippen LogP contribution in [-0.4, -0.2) is 29.7 Å². The summed E-state index contributed by atoms with van der Waals surface area (Å²) in [5.74, 6) is -0.681. The number of carbonyl (C=O) groups is 1. The molecule has 0 spiro atoms. The van der Waals surface area contributed by atoms with Crippen LogP contribution >= 0.6 is 0 Å². The second-order valence-corrected chi connectivity index (χ2v) is 4.45. The molecule has 1 fully saturated rings. The predicted octanol–water partition coefficient (Wildman–Crippen LogP) is 1.55. The molecule has 0 unspecified atom stereocenters. The molecular formula is C12H14F3N3O. The van der Waals surface area contributed by atoms with Crippen molar-refractivity contribution in [1.82, 2.24) is 15.6 Å². The topological polar surface area (TPSA) is 54.0 Å². The zero-order valence-electron chi connectivity index (χ0n) is 10.1. The summed E-state index contributed by atoms with van der Waals surface area (Å²) in [6, 6.07) is 2.42. The van der Waals surface area contributed by atoms with Gasteiger partial charge in [0.1, 0.15) is 0 Å². The third-order valence-corrected chi connectivity index (χ3v) is 2.74. The lowest BCUT2D eigenvalue weighted by atomic mass is 10.2. The molecule has 0 radical (unpaired) electrons. The van der Waals surface area contributed by atoms with Gasteiger partial charge in [0, 0.05) is 12.2 Å². The molecule has 1 saturated carbocycles. The molecule has 1 aromatic heterocycles. The van der Waals surface area contributed by atoms with E-state index in [0.29, 0.717) is 0 Å². The van der Waals surface area contributed by atoms with Gasteiger partial charge >= 0.3 is 6.18 Å². The van der Waals surface area contributed by atoms with Gasteiger partial charge in [0.25, 0.3) is 0 Å². The Hall–Kier alpha value is -1.63. The average molecular weight is 273 g/mol. The van der Waals surface area contributed by atoms with E-state index in [1.165, 1.54) is 24.4 Å². The summed E-state index contributed by atoms with van der Waals surface area (Å²) in [5.41, 5.74) is -0.213. The first-order valence-corrected chi connectivity index (χ1v) is 5.97. The Morgan fingerprint density at radius 2 is 2.16 bits per heavy atom. The fourth-order valence-corrected chi connectivity index (χ4v) is 1.61. The number of hydrogen-bond donors (Lipinski definition) is 2. The summed E-state index contributed by atoms with van der Waals surface area (Å²) < 4.78 is 38.7. The van der Waals surface area contributed by atoms with Crippen molar-refractivity contribution in [3.63, 3.8) is 0 Å². The molecule has 4 nitrogen and oxygen atoms in total. The Balaban J connectivity index is 1.99. The van der Waals surface area contributed by atoms with E-state index in [-0.39, 0.29) is 18.3 Å². The van der Waals surface area contributed by atoms with E-state index in [9.17, 15) is 18.0 Å². The zero-order valence-corrected chi connectivity index (χ0v) is 10.1. The van der Waals surface area contributed by atoms with Crippen LogP contribution in [0.4, 0.5) is 13.2 Å². The van der Waals surface area contributed by atoms with Crippen LogP contribution in [0.15, 0.2) is 24.4 Å². The van der Waals surface area contributed by atoms with Crippen LogP contribution in [0, 0.1) is 0 Å². The van der Waals surface area contributed by atoms with Crippen molar-refractivity contribution < 1.29 is 18.0 Å². The molecule has 0 aliphatic heterocycles. The minimum absolute atomic E-state index is 0.107. The molecule has 1 aromatic rings. The predicted molar refractivity (Wildman–Crippen MR) is 62.2 cm³/mol. The summed E-state index contributed by atoms with van der Waals surface area (Å²) in [4.78, 5) is 15.2. The summed E-state index contributed by atoms with van der Waals surface area (Å²) in [6.45, 7) is -0.107. The number of pyridine rings is 1. The van der Waals surface area contributed by atoms with E-state index in [4.69, 9.17) is 0 Å². The van der Waals surface area contributed by atoms with Gasteiger partial charge in [-0.1, -0.05) is 6.07 Å². The number of hydrogen-bond acceptors (Lipinski definition) is 3. The summed E-state index contributed by atoms with van der Waals surface area (Å²) >= 11 is 0. The Morgan fingerprint density at radius 3 is 2.68 bits per heavy atom. The second-order valence-electron chi connectivity index (χ2n) is 4.45. The van der Waals surface area contributed by atoms with E-state index in [2.05, 4.69) is 10.3 Å². The van der Waals surface area contributed by atoms with Crippen LogP contribution in [0.2, 0.25) is 0 Å². The summed E-state index contributed by atoms with van der Waals surface area (Å²) in [5, 5.41) is 4.83. The van der Waals surface area contributed by atoms with E-state index in [0.717, 1.165) is 12.8 Å². The highest BCUT2D eigenvalue weighted by Crippen LogP contribution is 2.31. The van der Waals surface area contributed by atoms with Gasteiger partial charge in [-0.15, -0.1) is 0 Å². The molecule has 1 aliphatic carbocycles. The smallest absolute Gasteiger partial charge is 0.338 e. The largest absolute Gasteiger partial charge is 0.414 e. The average Bonchev–Trinajstić information content (AvgIpc) is 3.17. The maximum absolute atomic E-state index is 12.9. The maximum Gasteiger partial charge on any atom is 0.414 e. The molecule has 104 valence electrons. The van der Waals surface area contributed by atoms with Crippen molar-refractivity contribution in [1.29, 1.82) is 0 Å². The third kappa shape index (κ3) is 4.20. The van der Waals surface area contributed by atoms with Crippen LogP contribution in [0.5, 0.6) is 0 Å². The molecule has 0 aromatic carbocycles. The first-order valence-electron chi connectivity index (χ1n) is 5.97. The fraction of sp³-hybridized carbons (Fsp3) is 0.500. The van der Waals surface area contributed by atoms with Gasteiger partial charge in [-0.05, 0) is 25.0 Å². The number of carbonyl (C=O) groups excluding carboxylic acids is 1. The van der Waals surface area contributed by atoms with Gasteiger partial charge < -0.3 is 10.6 Å². The summed E-state index contributed by atoms with van der Waals surface area (Å²) in [7, 11) is 0. The number of amides is 1. The molecule has 2 rings (SSSR count). The molecule has 1 heterocycles. The third-order valence-electron chi connectivity index (χ3n) is 2.74. The first kappa shape index (κ1) is 13.8. The van der Waals surface area contributed by atoms with Crippen LogP contribution in [0.1, 0.15) is 24.6 Å². The molecule has 1 amide bonds. The van der Waals surface area contributed by atoms with Gasteiger partial charge in [0.2, 0.25) is 5.91 Å². The number of nitrogens with zero attached hydrogens (tertiary/aromatic N) is 1. The van der Waals surface area contributed by atoms with Crippen molar-refractivity contribution in [2.75, 3.05) is 6.54 Å². The lowest BCUT2D eigenvalue weighted by molar-refractivity contribution is -0.164. The highest BCUT2D eigenvalue weighted by atomic mass is 19.4. The lowest BCUT2D eigenvalue weighted by Crippen LogP contribution is -2.42. The number of halogens is 3. The fourth-order valence-electron chi connectivity index (χ4n) is 1.61. The SMILES string of the molecule is O=C(CNC1CC1)N[C@@H](c1ccccn1)C(F)(F)F. The van der Waals surface area contributed by atoms with Gasteiger partial charge in [-0.3, -0.25) is 9.78 Å². The number of alkyl halides is 3. The molecule has 0 saturated heterocycles. The Kier molecular flexibility index (Phi) is 4.04. The standard InChI is InChI=1S/C12H14F3N3O/c13-12(14,15)11(9-3-1-2-6-16-9)18-10(19)7-17-8-4-5-8/h1-3,6,8,11,17H,4-5,7H2,(H,18,19)/t11-/m0/s1. The molecule has 19 heavy (non-hydrogen) atoms. The molecule has 0 bridgehead atoms. The Labute approximate surface area is 108 Å². The van der Waals surface area contributed by atoms with Gasteiger partial charge in [0.05, 0.1) is 12.2 Å². The van der Waals surface area contributed by atoms with E-state index in [1.54, 1.807) is 0 Å². The summed E-state index contributed by atoms with van der Waals surface area (Å²) in [6.07, 6.45) is -1.36. The highest BCUT2D eigenvalue weighted by molar-refractivity contribution is 5.78. The van der Waals surface area contributed by atoms with Crippen LogP contribution in [-0.2, 0) is 4.79 Å². The Bertz CT molecular complexity index is 432. The minimum Gasteiger partial charge on any atom is -0.338 e. The van der Waals surface area contributed by atoms with E-state index < -0.39 is 18.1 Å². The molecular weight excluding hydrogens is 259 g/mol. The molecule has 1 atom stereocenters. The zero-order chi connectivity index (χ0) is 13.9. The number of rotatable bonds is 5. The van der Waals surface area contributed by atoms with Crippen LogP contribution in [0.3, 0.4) is 0 Å². The number of aromatic nitrogens is 1. The van der Waals surface area contributed by atoms with Crippen molar-refractivity contribution >= 4 is 5.91 Å². The van der Waals surface area contributed by atoms with Crippen molar-refractivity contribution in [3.05, 3.63) is 30.1 Å². The van der Waals surface area contributed by atoms with Gasteiger partial charge in [0.15, 0.2) is 6.04 Å². The van der Waals surface area contributed by atoms with Gasteiger partial charge in [-0.2, -0.15) is 13.2 Å². The number of nitrogens with one attached hydrogen (secondary N) is 2. The molecule has 1 aliphatic rings. The van der Waals surface area contributed by atoms with Crippen molar-refractivity contribution in [3.8, 4) is 0 Å². The van der Waals surface area contributed by atoms with Crippen molar-refractivity contribution in [2.24, 2.45) is 0 Å². The molecule has 7 heteroatoms. The lowest BCUT2D eigenvalue weighted by Gasteiger charge is -2.21. The van der Waals surface area contributed by atoms with Crippen LogP contribution in [0.25, 0.3) is 0 Å².